The molecule has 1 aromatic rings. The third kappa shape index (κ3) is 3.83. The number of likely N-dealkylation sites (tertiary alicyclic amines) is 1. The molecule has 0 saturated carbocycles. The van der Waals surface area contributed by atoms with Crippen LogP contribution >= 0.6 is 0 Å². The SMILES string of the molecule is O=C1NC(=O)[C@@](Cc2ccccc2F)(C2CCN(C[C@@H]3CC=CCC3)CC2)N1. The molecule has 3 aliphatic rings. The zero-order valence-electron chi connectivity index (χ0n) is 16.1. The maximum atomic E-state index is 14.3. The van der Waals surface area contributed by atoms with Gasteiger partial charge in [-0.25, -0.2) is 9.18 Å². The van der Waals surface area contributed by atoms with Gasteiger partial charge in [0, 0.05) is 13.0 Å². The van der Waals surface area contributed by atoms with E-state index >= 15 is 0 Å². The molecule has 6 heteroatoms. The van der Waals surface area contributed by atoms with Gasteiger partial charge in [-0.2, -0.15) is 0 Å². The number of allylic oxidation sites excluding steroid dienone is 2. The molecule has 1 aromatic carbocycles. The van der Waals surface area contributed by atoms with Gasteiger partial charge in [-0.05, 0) is 68.7 Å². The molecule has 2 heterocycles. The van der Waals surface area contributed by atoms with Gasteiger partial charge in [-0.1, -0.05) is 30.4 Å². The van der Waals surface area contributed by atoms with E-state index in [1.54, 1.807) is 18.2 Å². The van der Waals surface area contributed by atoms with E-state index in [9.17, 15) is 14.0 Å². The Morgan fingerprint density at radius 3 is 2.54 bits per heavy atom. The Kier molecular flexibility index (Phi) is 5.49. The van der Waals surface area contributed by atoms with E-state index in [4.69, 9.17) is 0 Å². The van der Waals surface area contributed by atoms with Gasteiger partial charge in [0.25, 0.3) is 5.91 Å². The molecule has 2 aliphatic heterocycles. The minimum Gasteiger partial charge on any atom is -0.323 e. The van der Waals surface area contributed by atoms with Crippen LogP contribution in [0.5, 0.6) is 0 Å². The number of hydrogen-bond donors (Lipinski definition) is 2. The molecule has 2 saturated heterocycles. The Morgan fingerprint density at radius 2 is 1.89 bits per heavy atom. The molecule has 2 N–H and O–H groups in total. The van der Waals surface area contributed by atoms with E-state index in [-0.39, 0.29) is 24.1 Å². The van der Waals surface area contributed by atoms with E-state index in [0.29, 0.717) is 11.5 Å². The third-order valence-corrected chi connectivity index (χ3v) is 6.57. The second-order valence-electron chi connectivity index (χ2n) is 8.37. The van der Waals surface area contributed by atoms with Crippen molar-refractivity contribution >= 4 is 11.9 Å². The van der Waals surface area contributed by atoms with Crippen molar-refractivity contribution in [2.24, 2.45) is 11.8 Å². The lowest BCUT2D eigenvalue weighted by molar-refractivity contribution is -0.126. The largest absolute Gasteiger partial charge is 0.323 e. The van der Waals surface area contributed by atoms with Gasteiger partial charge in [-0.15, -0.1) is 0 Å². The number of nitrogens with zero attached hydrogens (tertiary/aromatic N) is 1. The second-order valence-corrected chi connectivity index (χ2v) is 8.37. The molecule has 2 atom stereocenters. The van der Waals surface area contributed by atoms with Crippen LogP contribution in [0.4, 0.5) is 9.18 Å². The first-order chi connectivity index (χ1) is 13.6. The fourth-order valence-electron chi connectivity index (χ4n) is 5.00. The Bertz CT molecular complexity index is 773. The normalized spacial score (nSPS) is 29.0. The van der Waals surface area contributed by atoms with Crippen molar-refractivity contribution in [3.63, 3.8) is 0 Å². The lowest BCUT2D eigenvalue weighted by Gasteiger charge is -2.41. The zero-order valence-corrected chi connectivity index (χ0v) is 16.1. The minimum atomic E-state index is -1.06. The molecule has 0 unspecified atom stereocenters. The quantitative estimate of drug-likeness (QED) is 0.605. The number of imide groups is 1. The maximum Gasteiger partial charge on any atom is 0.322 e. The van der Waals surface area contributed by atoms with Gasteiger partial charge in [0.05, 0.1) is 0 Å². The summed E-state index contributed by atoms with van der Waals surface area (Å²) in [6.45, 7) is 2.91. The summed E-state index contributed by atoms with van der Waals surface area (Å²) in [5.41, 5.74) is -0.588. The topological polar surface area (TPSA) is 61.4 Å². The fourth-order valence-corrected chi connectivity index (χ4v) is 5.00. The van der Waals surface area contributed by atoms with Crippen molar-refractivity contribution in [3.8, 4) is 0 Å². The number of carbonyl (C=O) groups is 2. The van der Waals surface area contributed by atoms with Crippen LogP contribution in [0.1, 0.15) is 37.7 Å². The number of piperidine rings is 1. The maximum absolute atomic E-state index is 14.3. The standard InChI is InChI=1S/C22H28FN3O2/c23-19-9-5-4-8-17(19)14-22(20(27)24-21(28)25-22)18-10-12-26(13-11-18)15-16-6-2-1-3-7-16/h1-2,4-5,8-9,16,18H,3,6-7,10-15H2,(H2,24,25,27,28)/t16-,22-/m1/s1. The van der Waals surface area contributed by atoms with Crippen LogP contribution in [0.25, 0.3) is 0 Å². The van der Waals surface area contributed by atoms with Crippen molar-refractivity contribution in [1.82, 2.24) is 15.5 Å². The molecule has 0 bridgehead atoms. The predicted octanol–water partition coefficient (Wildman–Crippen LogP) is 3.01. The number of halogens is 1. The Hall–Kier alpha value is -2.21. The molecule has 3 amide bonds. The molecule has 28 heavy (non-hydrogen) atoms. The Morgan fingerprint density at radius 1 is 1.11 bits per heavy atom. The van der Waals surface area contributed by atoms with E-state index < -0.39 is 11.6 Å². The van der Waals surface area contributed by atoms with Crippen molar-refractivity contribution < 1.29 is 14.0 Å². The first-order valence-corrected chi connectivity index (χ1v) is 10.3. The third-order valence-electron chi connectivity index (χ3n) is 6.57. The summed E-state index contributed by atoms with van der Waals surface area (Å²) < 4.78 is 14.3. The summed E-state index contributed by atoms with van der Waals surface area (Å²) in [6, 6.07) is 6.02. The zero-order chi connectivity index (χ0) is 19.6. The average Bonchev–Trinajstić information content (AvgIpc) is 2.99. The molecule has 5 nitrogen and oxygen atoms in total. The number of benzene rings is 1. The van der Waals surface area contributed by atoms with Crippen LogP contribution < -0.4 is 10.6 Å². The van der Waals surface area contributed by atoms with Crippen LogP contribution in [0.15, 0.2) is 36.4 Å². The van der Waals surface area contributed by atoms with E-state index in [1.807, 2.05) is 0 Å². The highest BCUT2D eigenvalue weighted by molar-refractivity contribution is 6.07. The van der Waals surface area contributed by atoms with Crippen LogP contribution in [0.3, 0.4) is 0 Å². The van der Waals surface area contributed by atoms with E-state index in [1.165, 1.54) is 18.9 Å². The molecule has 2 fully saturated rings. The van der Waals surface area contributed by atoms with Gasteiger partial charge >= 0.3 is 6.03 Å². The first kappa shape index (κ1) is 19.1. The molecular weight excluding hydrogens is 357 g/mol. The molecule has 0 aromatic heterocycles. The predicted molar refractivity (Wildman–Crippen MR) is 105 cm³/mol. The minimum absolute atomic E-state index is 0.000979. The summed E-state index contributed by atoms with van der Waals surface area (Å²) in [5.74, 6) is 0.0553. The highest BCUT2D eigenvalue weighted by Gasteiger charge is 2.52. The summed E-state index contributed by atoms with van der Waals surface area (Å²) in [4.78, 5) is 27.2. The molecular formula is C22H28FN3O2. The van der Waals surface area contributed by atoms with Crippen LogP contribution in [-0.2, 0) is 11.2 Å². The van der Waals surface area contributed by atoms with Crippen LogP contribution in [-0.4, -0.2) is 42.0 Å². The summed E-state index contributed by atoms with van der Waals surface area (Å²) >= 11 is 0. The van der Waals surface area contributed by atoms with Gasteiger partial charge < -0.3 is 10.2 Å². The summed E-state index contributed by atoms with van der Waals surface area (Å²) in [6.07, 6.45) is 9.94. The van der Waals surface area contributed by atoms with Gasteiger partial charge in [0.1, 0.15) is 11.4 Å². The fraction of sp³-hybridized carbons (Fsp3) is 0.545. The number of hydrogen-bond acceptors (Lipinski definition) is 3. The van der Waals surface area contributed by atoms with Gasteiger partial charge in [0.15, 0.2) is 0 Å². The lowest BCUT2D eigenvalue weighted by Crippen LogP contribution is -2.57. The molecule has 150 valence electrons. The Labute approximate surface area is 165 Å². The lowest BCUT2D eigenvalue weighted by atomic mass is 9.74. The number of rotatable bonds is 5. The molecule has 4 rings (SSSR count). The first-order valence-electron chi connectivity index (χ1n) is 10.3. The summed E-state index contributed by atoms with van der Waals surface area (Å²) in [5, 5.41) is 5.25. The number of urea groups is 1. The van der Waals surface area contributed by atoms with E-state index in [2.05, 4.69) is 27.7 Å². The number of carbonyl (C=O) groups excluding carboxylic acids is 2. The van der Waals surface area contributed by atoms with Crippen LogP contribution in [0, 0.1) is 17.7 Å². The van der Waals surface area contributed by atoms with Crippen molar-refractivity contribution in [2.75, 3.05) is 19.6 Å². The summed E-state index contributed by atoms with van der Waals surface area (Å²) in [7, 11) is 0. The average molecular weight is 385 g/mol. The Balaban J connectivity index is 1.46. The van der Waals surface area contributed by atoms with Crippen molar-refractivity contribution in [1.29, 1.82) is 0 Å². The van der Waals surface area contributed by atoms with Crippen molar-refractivity contribution in [2.45, 2.75) is 44.1 Å². The number of amides is 3. The monoisotopic (exact) mass is 385 g/mol. The molecule has 0 spiro atoms. The smallest absolute Gasteiger partial charge is 0.322 e. The highest BCUT2D eigenvalue weighted by Crippen LogP contribution is 2.35. The van der Waals surface area contributed by atoms with Crippen molar-refractivity contribution in [3.05, 3.63) is 47.8 Å². The number of nitrogens with one attached hydrogen (secondary N) is 2. The molecule has 0 radical (unpaired) electrons. The van der Waals surface area contributed by atoms with Gasteiger partial charge in [0.2, 0.25) is 0 Å². The van der Waals surface area contributed by atoms with Gasteiger partial charge in [-0.3, -0.25) is 10.1 Å². The van der Waals surface area contributed by atoms with Crippen LogP contribution in [0.2, 0.25) is 0 Å². The molecule has 1 aliphatic carbocycles. The van der Waals surface area contributed by atoms with E-state index in [0.717, 1.165) is 38.9 Å². The second kappa shape index (κ2) is 8.03. The highest BCUT2D eigenvalue weighted by atomic mass is 19.1.